The Bertz CT molecular complexity index is 438. The SMILES string of the molecule is CCCCCCCCCC/C=C/C(CCCCCCCC)COS(=O)(=O)[O-].[K+]. The van der Waals surface area contributed by atoms with E-state index >= 15 is 0 Å². The first-order valence-electron chi connectivity index (χ1n) is 11.3. The molecule has 0 bridgehead atoms. The van der Waals surface area contributed by atoms with Crippen molar-refractivity contribution in [1.29, 1.82) is 0 Å². The molecule has 1 unspecified atom stereocenters. The van der Waals surface area contributed by atoms with E-state index in [4.69, 9.17) is 0 Å². The number of allylic oxidation sites excluding steroid dienone is 1. The van der Waals surface area contributed by atoms with E-state index in [0.717, 1.165) is 25.7 Å². The summed E-state index contributed by atoms with van der Waals surface area (Å²) in [7, 11) is -4.60. The molecule has 0 radical (unpaired) electrons. The minimum Gasteiger partial charge on any atom is -0.726 e. The molecule has 28 heavy (non-hydrogen) atoms. The number of hydrogen-bond donors (Lipinski definition) is 0. The first-order valence-corrected chi connectivity index (χ1v) is 12.6. The summed E-state index contributed by atoms with van der Waals surface area (Å²) in [5, 5.41) is 0. The monoisotopic (exact) mass is 442 g/mol. The third kappa shape index (κ3) is 25.3. The predicted molar refractivity (Wildman–Crippen MR) is 113 cm³/mol. The maximum Gasteiger partial charge on any atom is 1.00 e. The van der Waals surface area contributed by atoms with Crippen molar-refractivity contribution in [3.63, 3.8) is 0 Å². The Hall–Kier alpha value is 1.25. The fourth-order valence-corrected chi connectivity index (χ4v) is 3.62. The summed E-state index contributed by atoms with van der Waals surface area (Å²) in [6.45, 7) is 4.42. The molecule has 0 saturated carbocycles. The average Bonchev–Trinajstić information content (AvgIpc) is 2.62. The average molecular weight is 443 g/mol. The van der Waals surface area contributed by atoms with E-state index in [9.17, 15) is 13.0 Å². The van der Waals surface area contributed by atoms with E-state index < -0.39 is 10.4 Å². The van der Waals surface area contributed by atoms with Gasteiger partial charge in [-0.1, -0.05) is 109 Å². The van der Waals surface area contributed by atoms with Crippen LogP contribution < -0.4 is 51.4 Å². The van der Waals surface area contributed by atoms with Crippen LogP contribution in [0.15, 0.2) is 12.2 Å². The van der Waals surface area contributed by atoms with Gasteiger partial charge in [0.1, 0.15) is 0 Å². The van der Waals surface area contributed by atoms with Gasteiger partial charge >= 0.3 is 51.4 Å². The van der Waals surface area contributed by atoms with Crippen molar-refractivity contribution < 1.29 is 68.5 Å². The van der Waals surface area contributed by atoms with E-state index in [2.05, 4.69) is 30.2 Å². The van der Waals surface area contributed by atoms with Gasteiger partial charge in [-0.3, -0.25) is 4.18 Å². The third-order valence-corrected chi connectivity index (χ3v) is 5.41. The van der Waals surface area contributed by atoms with Crippen molar-refractivity contribution >= 4 is 10.4 Å². The normalized spacial score (nSPS) is 13.0. The minimum absolute atomic E-state index is 0. The van der Waals surface area contributed by atoms with Crippen LogP contribution in [0.3, 0.4) is 0 Å². The van der Waals surface area contributed by atoms with Crippen LogP contribution in [-0.2, 0) is 14.6 Å². The summed E-state index contributed by atoms with van der Waals surface area (Å²) >= 11 is 0. The van der Waals surface area contributed by atoms with Gasteiger partial charge in [-0.15, -0.1) is 0 Å². The molecule has 162 valence electrons. The standard InChI is InChI=1S/C22H44O4S.K/c1-3-5-7-9-11-12-13-14-16-18-20-22(21-26-27(23,24)25)19-17-15-10-8-6-4-2;/h18,20,22H,3-17,19,21H2,1-2H3,(H,23,24,25);/q;+1/p-1/b20-18+;. The van der Waals surface area contributed by atoms with Crippen LogP contribution in [0.4, 0.5) is 0 Å². The van der Waals surface area contributed by atoms with Crippen molar-refractivity contribution in [2.45, 2.75) is 117 Å². The summed E-state index contributed by atoms with van der Waals surface area (Å²) in [5.74, 6) is 0.0222. The fraction of sp³-hybridized carbons (Fsp3) is 0.909. The smallest absolute Gasteiger partial charge is 0.726 e. The summed E-state index contributed by atoms with van der Waals surface area (Å²) in [4.78, 5) is 0. The first kappa shape index (κ1) is 31.4. The topological polar surface area (TPSA) is 66.4 Å². The van der Waals surface area contributed by atoms with Crippen LogP contribution in [0.1, 0.15) is 117 Å². The molecule has 0 N–H and O–H groups in total. The molecular formula is C22H43KO4S. The number of rotatable bonds is 20. The van der Waals surface area contributed by atoms with Gasteiger partial charge < -0.3 is 4.55 Å². The van der Waals surface area contributed by atoms with Crippen LogP contribution in [0, 0.1) is 5.92 Å². The molecule has 0 aliphatic heterocycles. The van der Waals surface area contributed by atoms with Crippen LogP contribution in [0.25, 0.3) is 0 Å². The van der Waals surface area contributed by atoms with Gasteiger partial charge in [0.25, 0.3) is 0 Å². The third-order valence-electron chi connectivity index (χ3n) is 4.99. The maximum atomic E-state index is 10.7. The van der Waals surface area contributed by atoms with Crippen LogP contribution in [0.2, 0.25) is 0 Å². The molecule has 0 aliphatic carbocycles. The quantitative estimate of drug-likeness (QED) is 0.0942. The summed E-state index contributed by atoms with van der Waals surface area (Å²) in [5.41, 5.74) is 0. The molecule has 6 heteroatoms. The summed E-state index contributed by atoms with van der Waals surface area (Å²) in [6.07, 6.45) is 23.7. The van der Waals surface area contributed by atoms with Crippen molar-refractivity contribution in [3.8, 4) is 0 Å². The van der Waals surface area contributed by atoms with Crippen LogP contribution >= 0.6 is 0 Å². The molecule has 0 rings (SSSR count). The number of hydrogen-bond acceptors (Lipinski definition) is 4. The molecule has 0 aromatic rings. The Balaban J connectivity index is 0. The largest absolute Gasteiger partial charge is 1.00 e. The molecule has 0 spiro atoms. The maximum absolute atomic E-state index is 10.7. The van der Waals surface area contributed by atoms with Crippen LogP contribution in [-0.4, -0.2) is 19.6 Å². The van der Waals surface area contributed by atoms with Gasteiger partial charge in [-0.25, -0.2) is 8.42 Å². The minimum atomic E-state index is -4.60. The van der Waals surface area contributed by atoms with E-state index in [1.807, 2.05) is 0 Å². The van der Waals surface area contributed by atoms with E-state index in [-0.39, 0.29) is 63.9 Å². The van der Waals surface area contributed by atoms with E-state index in [1.54, 1.807) is 0 Å². The zero-order chi connectivity index (χ0) is 20.2. The zero-order valence-corrected chi connectivity index (χ0v) is 22.7. The predicted octanol–water partition coefficient (Wildman–Crippen LogP) is 3.92. The molecule has 0 aliphatic rings. The molecule has 0 heterocycles. The van der Waals surface area contributed by atoms with Crippen molar-refractivity contribution in [1.82, 2.24) is 0 Å². The second-order valence-corrected chi connectivity index (χ2v) is 8.75. The molecule has 1 atom stereocenters. The van der Waals surface area contributed by atoms with Gasteiger partial charge in [-0.2, -0.15) is 0 Å². The second-order valence-electron chi connectivity index (χ2n) is 7.70. The first-order chi connectivity index (χ1) is 13.0. The van der Waals surface area contributed by atoms with Gasteiger partial charge in [0.2, 0.25) is 10.4 Å². The second kappa shape index (κ2) is 22.9. The van der Waals surface area contributed by atoms with Crippen molar-refractivity contribution in [2.75, 3.05) is 6.61 Å². The molecular weight excluding hydrogens is 399 g/mol. The Morgan fingerprint density at radius 3 is 1.75 bits per heavy atom. The van der Waals surface area contributed by atoms with Gasteiger partial charge in [0.05, 0.1) is 6.61 Å². The summed E-state index contributed by atoms with van der Waals surface area (Å²) < 4.78 is 36.7. The molecule has 0 fully saturated rings. The molecule has 4 nitrogen and oxygen atoms in total. The van der Waals surface area contributed by atoms with E-state index in [0.29, 0.717) is 0 Å². The Labute approximate surface area is 218 Å². The molecule has 0 amide bonds. The molecule has 0 aromatic carbocycles. The van der Waals surface area contributed by atoms with Gasteiger partial charge in [0.15, 0.2) is 0 Å². The van der Waals surface area contributed by atoms with Gasteiger partial charge in [0, 0.05) is 5.92 Å². The molecule has 0 aromatic heterocycles. The Morgan fingerprint density at radius 2 is 1.25 bits per heavy atom. The van der Waals surface area contributed by atoms with Gasteiger partial charge in [-0.05, 0) is 19.3 Å². The molecule has 0 saturated heterocycles. The van der Waals surface area contributed by atoms with Crippen LogP contribution in [0.5, 0.6) is 0 Å². The Morgan fingerprint density at radius 1 is 0.786 bits per heavy atom. The van der Waals surface area contributed by atoms with Crippen molar-refractivity contribution in [3.05, 3.63) is 12.2 Å². The van der Waals surface area contributed by atoms with Crippen molar-refractivity contribution in [2.24, 2.45) is 5.92 Å². The summed E-state index contributed by atoms with van der Waals surface area (Å²) in [6, 6.07) is 0. The number of unbranched alkanes of at least 4 members (excludes halogenated alkanes) is 13. The van der Waals surface area contributed by atoms with E-state index in [1.165, 1.54) is 77.0 Å². The fourth-order valence-electron chi connectivity index (χ4n) is 3.28. The Kier molecular flexibility index (Phi) is 25.7. The zero-order valence-electron chi connectivity index (χ0n) is 18.8.